The van der Waals surface area contributed by atoms with Gasteiger partial charge in [0.15, 0.2) is 5.82 Å². The van der Waals surface area contributed by atoms with Gasteiger partial charge in [0.05, 0.1) is 15.9 Å². The number of hydrogen-bond acceptors (Lipinski definition) is 4. The van der Waals surface area contributed by atoms with Gasteiger partial charge >= 0.3 is 0 Å². The van der Waals surface area contributed by atoms with E-state index in [-0.39, 0.29) is 0 Å². The van der Waals surface area contributed by atoms with Crippen LogP contribution in [-0.2, 0) is 17.8 Å². The smallest absolute Gasteiger partial charge is 0.161 e. The number of nitrogen functional groups attached to an aromatic ring is 1. The van der Waals surface area contributed by atoms with Gasteiger partial charge < -0.3 is 10.5 Å². The van der Waals surface area contributed by atoms with Gasteiger partial charge in [-0.25, -0.2) is 9.97 Å². The summed E-state index contributed by atoms with van der Waals surface area (Å²) in [7, 11) is 1.68. The standard InChI is InChI=1S/C14H16IN3O/c1-3-11-12(15)13(16)18-14(17-11)10-6-4-5-9(7-10)8-19-2/h4-7H,3,8H2,1-2H3,(H2,16,17,18). The molecule has 0 bridgehead atoms. The molecule has 1 aromatic carbocycles. The van der Waals surface area contributed by atoms with Crippen LogP contribution in [0.2, 0.25) is 0 Å². The number of anilines is 1. The predicted octanol–water partition coefficient (Wildman–Crippen LogP) is 3.04. The van der Waals surface area contributed by atoms with Crippen LogP contribution >= 0.6 is 22.6 Å². The normalized spacial score (nSPS) is 10.7. The van der Waals surface area contributed by atoms with Crippen molar-refractivity contribution in [3.8, 4) is 11.4 Å². The molecule has 1 aromatic heterocycles. The Morgan fingerprint density at radius 2 is 2.11 bits per heavy atom. The van der Waals surface area contributed by atoms with Crippen LogP contribution in [0.25, 0.3) is 11.4 Å². The van der Waals surface area contributed by atoms with Crippen LogP contribution in [0.4, 0.5) is 5.82 Å². The lowest BCUT2D eigenvalue weighted by Crippen LogP contribution is -2.04. The molecule has 0 radical (unpaired) electrons. The number of rotatable bonds is 4. The summed E-state index contributed by atoms with van der Waals surface area (Å²) in [5.41, 5.74) is 9.00. The summed E-state index contributed by atoms with van der Waals surface area (Å²) in [5.74, 6) is 1.22. The summed E-state index contributed by atoms with van der Waals surface area (Å²) in [6, 6.07) is 8.02. The van der Waals surface area contributed by atoms with E-state index in [2.05, 4.69) is 39.5 Å². The molecule has 0 aliphatic rings. The van der Waals surface area contributed by atoms with Crippen molar-refractivity contribution in [2.45, 2.75) is 20.0 Å². The number of methoxy groups -OCH3 is 1. The number of nitrogens with two attached hydrogens (primary N) is 1. The van der Waals surface area contributed by atoms with Crippen molar-refractivity contribution < 1.29 is 4.74 Å². The molecule has 0 saturated heterocycles. The van der Waals surface area contributed by atoms with Gasteiger partial charge in [0.25, 0.3) is 0 Å². The van der Waals surface area contributed by atoms with E-state index < -0.39 is 0 Å². The van der Waals surface area contributed by atoms with Crippen LogP contribution in [0.3, 0.4) is 0 Å². The number of hydrogen-bond donors (Lipinski definition) is 1. The summed E-state index contributed by atoms with van der Waals surface area (Å²) in [6.45, 7) is 2.64. The van der Waals surface area contributed by atoms with Gasteiger partial charge in [-0.3, -0.25) is 0 Å². The fourth-order valence-corrected chi connectivity index (χ4v) is 2.47. The highest BCUT2D eigenvalue weighted by molar-refractivity contribution is 14.1. The van der Waals surface area contributed by atoms with Crippen LogP contribution in [0, 0.1) is 3.57 Å². The van der Waals surface area contributed by atoms with Crippen molar-refractivity contribution in [1.29, 1.82) is 0 Å². The van der Waals surface area contributed by atoms with E-state index >= 15 is 0 Å². The maximum Gasteiger partial charge on any atom is 0.161 e. The Bertz CT molecular complexity index is 587. The average Bonchev–Trinajstić information content (AvgIpc) is 2.42. The van der Waals surface area contributed by atoms with Crippen LogP contribution in [-0.4, -0.2) is 17.1 Å². The molecule has 100 valence electrons. The fraction of sp³-hybridized carbons (Fsp3) is 0.286. The van der Waals surface area contributed by atoms with E-state index in [0.29, 0.717) is 18.2 Å². The number of halogens is 1. The van der Waals surface area contributed by atoms with E-state index in [1.165, 1.54) is 0 Å². The molecule has 5 heteroatoms. The molecule has 2 N–H and O–H groups in total. The molecular weight excluding hydrogens is 353 g/mol. The van der Waals surface area contributed by atoms with Gasteiger partial charge in [0, 0.05) is 12.7 Å². The molecule has 1 heterocycles. The number of benzene rings is 1. The molecule has 0 atom stereocenters. The highest BCUT2D eigenvalue weighted by Crippen LogP contribution is 2.23. The third-order valence-corrected chi connectivity index (χ3v) is 3.95. The number of ether oxygens (including phenoxy) is 1. The molecule has 0 spiro atoms. The number of aromatic nitrogens is 2. The summed E-state index contributed by atoms with van der Waals surface area (Å²) >= 11 is 2.19. The first-order valence-corrected chi connectivity index (χ1v) is 7.13. The largest absolute Gasteiger partial charge is 0.383 e. The molecule has 4 nitrogen and oxygen atoms in total. The van der Waals surface area contributed by atoms with E-state index in [1.807, 2.05) is 24.3 Å². The zero-order valence-electron chi connectivity index (χ0n) is 11.0. The molecular formula is C14H16IN3O. The third-order valence-electron chi connectivity index (χ3n) is 2.78. The molecule has 0 fully saturated rings. The monoisotopic (exact) mass is 369 g/mol. The average molecular weight is 369 g/mol. The van der Waals surface area contributed by atoms with Crippen molar-refractivity contribution in [3.63, 3.8) is 0 Å². The summed E-state index contributed by atoms with van der Waals surface area (Å²) in [6.07, 6.45) is 0.843. The lowest BCUT2D eigenvalue weighted by molar-refractivity contribution is 0.185. The molecule has 0 aliphatic heterocycles. The maximum absolute atomic E-state index is 5.95. The fourth-order valence-electron chi connectivity index (χ4n) is 1.84. The maximum atomic E-state index is 5.95. The van der Waals surface area contributed by atoms with Crippen molar-refractivity contribution in [1.82, 2.24) is 9.97 Å². The minimum absolute atomic E-state index is 0.541. The Hall–Kier alpha value is -1.21. The van der Waals surface area contributed by atoms with E-state index in [9.17, 15) is 0 Å². The first-order valence-electron chi connectivity index (χ1n) is 6.05. The first-order chi connectivity index (χ1) is 9.15. The summed E-state index contributed by atoms with van der Waals surface area (Å²) in [4.78, 5) is 8.95. The van der Waals surface area contributed by atoms with Gasteiger partial charge in [0.2, 0.25) is 0 Å². The van der Waals surface area contributed by atoms with E-state index in [1.54, 1.807) is 7.11 Å². The SMILES string of the molecule is CCc1nc(-c2cccc(COC)c2)nc(N)c1I. The van der Waals surface area contributed by atoms with Crippen molar-refractivity contribution >= 4 is 28.4 Å². The predicted molar refractivity (Wildman–Crippen MR) is 84.7 cm³/mol. The van der Waals surface area contributed by atoms with Gasteiger partial charge in [-0.2, -0.15) is 0 Å². The molecule has 0 amide bonds. The van der Waals surface area contributed by atoms with Crippen molar-refractivity contribution in [2.75, 3.05) is 12.8 Å². The second-order valence-electron chi connectivity index (χ2n) is 4.18. The minimum Gasteiger partial charge on any atom is -0.383 e. The minimum atomic E-state index is 0.541. The second kappa shape index (κ2) is 6.29. The molecule has 0 aliphatic carbocycles. The lowest BCUT2D eigenvalue weighted by Gasteiger charge is -2.08. The van der Waals surface area contributed by atoms with E-state index in [0.717, 1.165) is 26.8 Å². The highest BCUT2D eigenvalue weighted by atomic mass is 127. The Kier molecular flexibility index (Phi) is 4.71. The van der Waals surface area contributed by atoms with Gasteiger partial charge in [-0.05, 0) is 40.6 Å². The van der Waals surface area contributed by atoms with Gasteiger partial charge in [0.1, 0.15) is 5.82 Å². The Balaban J connectivity index is 2.46. The highest BCUT2D eigenvalue weighted by Gasteiger charge is 2.10. The van der Waals surface area contributed by atoms with E-state index in [4.69, 9.17) is 10.5 Å². The Morgan fingerprint density at radius 1 is 1.32 bits per heavy atom. The number of aryl methyl sites for hydroxylation is 1. The van der Waals surface area contributed by atoms with Gasteiger partial charge in [-0.1, -0.05) is 25.1 Å². The molecule has 0 unspecified atom stereocenters. The zero-order valence-corrected chi connectivity index (χ0v) is 13.1. The second-order valence-corrected chi connectivity index (χ2v) is 5.26. The molecule has 19 heavy (non-hydrogen) atoms. The third kappa shape index (κ3) is 3.22. The van der Waals surface area contributed by atoms with Crippen LogP contribution in [0.5, 0.6) is 0 Å². The Labute approximate surface area is 126 Å². The first kappa shape index (κ1) is 14.2. The van der Waals surface area contributed by atoms with Crippen LogP contribution in [0.1, 0.15) is 18.2 Å². The van der Waals surface area contributed by atoms with Crippen LogP contribution < -0.4 is 5.73 Å². The van der Waals surface area contributed by atoms with Crippen LogP contribution in [0.15, 0.2) is 24.3 Å². The van der Waals surface area contributed by atoms with Crippen molar-refractivity contribution in [3.05, 3.63) is 39.1 Å². The van der Waals surface area contributed by atoms with Gasteiger partial charge in [-0.15, -0.1) is 0 Å². The van der Waals surface area contributed by atoms with Crippen molar-refractivity contribution in [2.24, 2.45) is 0 Å². The topological polar surface area (TPSA) is 61.0 Å². The quantitative estimate of drug-likeness (QED) is 0.842. The summed E-state index contributed by atoms with van der Waals surface area (Å²) in [5, 5.41) is 0. The molecule has 2 aromatic rings. The lowest BCUT2D eigenvalue weighted by atomic mass is 10.1. The Morgan fingerprint density at radius 3 is 2.79 bits per heavy atom. The molecule has 2 rings (SSSR count). The molecule has 0 saturated carbocycles. The zero-order chi connectivity index (χ0) is 13.8. The number of nitrogens with zero attached hydrogens (tertiary/aromatic N) is 2. The summed E-state index contributed by atoms with van der Waals surface area (Å²) < 4.78 is 6.08.